The molecule has 0 aromatic rings. The van der Waals surface area contributed by atoms with Gasteiger partial charge < -0.3 is 84.6 Å². The molecule has 368 valence electrons. The summed E-state index contributed by atoms with van der Waals surface area (Å²) in [6.45, 7) is 16.4. The van der Waals surface area contributed by atoms with E-state index in [-0.39, 0.29) is 29.8 Å². The van der Waals surface area contributed by atoms with Crippen molar-refractivity contribution in [2.75, 3.05) is 19.8 Å². The first-order valence-corrected chi connectivity index (χ1v) is 23.7. The van der Waals surface area contributed by atoms with Crippen molar-refractivity contribution in [3.63, 3.8) is 0 Å². The van der Waals surface area contributed by atoms with Gasteiger partial charge in [-0.2, -0.15) is 0 Å². The lowest BCUT2D eigenvalue weighted by Gasteiger charge is -2.73. The molecule has 4 saturated carbocycles. The van der Waals surface area contributed by atoms with Crippen molar-refractivity contribution < 1.29 is 84.6 Å². The third kappa shape index (κ3) is 7.62. The van der Waals surface area contributed by atoms with Crippen LogP contribution in [-0.4, -0.2) is 180 Å². The molecule has 11 N–H and O–H groups in total. The van der Waals surface area contributed by atoms with Crippen LogP contribution in [0.1, 0.15) is 107 Å². The maximum absolute atomic E-state index is 12.7. The lowest BCUT2D eigenvalue weighted by atomic mass is 9.33. The van der Waals surface area contributed by atoms with Crippen LogP contribution in [0.4, 0.5) is 0 Å². The smallest absolute Gasteiger partial charge is 0.187 e. The molecule has 7 fully saturated rings. The molecule has 24 atom stereocenters. The molecule has 17 nitrogen and oxygen atoms in total. The van der Waals surface area contributed by atoms with E-state index in [1.165, 1.54) is 5.57 Å². The van der Waals surface area contributed by atoms with Gasteiger partial charge in [0.15, 0.2) is 18.9 Å². The molecule has 0 radical (unpaired) electrons. The Morgan fingerprint density at radius 3 is 1.86 bits per heavy atom. The maximum Gasteiger partial charge on any atom is 0.187 e. The fraction of sp³-hybridized carbons (Fsp3) is 0.957. The molecule has 3 heterocycles. The van der Waals surface area contributed by atoms with E-state index in [0.717, 1.165) is 25.7 Å². The van der Waals surface area contributed by atoms with Gasteiger partial charge in [-0.25, -0.2) is 0 Å². The van der Waals surface area contributed by atoms with Crippen molar-refractivity contribution in [2.45, 2.75) is 211 Å². The van der Waals surface area contributed by atoms with Gasteiger partial charge in [0.2, 0.25) is 0 Å². The number of ether oxygens (including phenoxy) is 6. The van der Waals surface area contributed by atoms with Gasteiger partial charge in [0.25, 0.3) is 0 Å². The lowest BCUT2D eigenvalue weighted by molar-refractivity contribution is -0.371. The van der Waals surface area contributed by atoms with Crippen molar-refractivity contribution in [2.24, 2.45) is 50.2 Å². The summed E-state index contributed by atoms with van der Waals surface area (Å²) in [6.07, 6.45) is -14.0. The monoisotopic (exact) mass is 915 g/mol. The van der Waals surface area contributed by atoms with Crippen molar-refractivity contribution in [3.8, 4) is 0 Å². The van der Waals surface area contributed by atoms with Gasteiger partial charge in [-0.05, 0) is 96.2 Å². The molecule has 3 saturated heterocycles. The molecule has 5 aliphatic carbocycles. The Bertz CT molecular complexity index is 1710. The summed E-state index contributed by atoms with van der Waals surface area (Å²) in [4.78, 5) is 0. The van der Waals surface area contributed by atoms with Crippen molar-refractivity contribution in [3.05, 3.63) is 11.6 Å². The van der Waals surface area contributed by atoms with Crippen LogP contribution in [0.2, 0.25) is 0 Å². The van der Waals surface area contributed by atoms with Crippen LogP contribution in [0.25, 0.3) is 0 Å². The summed E-state index contributed by atoms with van der Waals surface area (Å²) >= 11 is 0. The summed E-state index contributed by atoms with van der Waals surface area (Å²) < 4.78 is 37.4. The second-order valence-electron chi connectivity index (χ2n) is 23.4. The summed E-state index contributed by atoms with van der Waals surface area (Å²) in [5.74, 6) is -0.0869. The van der Waals surface area contributed by atoms with E-state index >= 15 is 0 Å². The summed E-state index contributed by atoms with van der Waals surface area (Å²) in [5, 5.41) is 119. The average molecular weight is 915 g/mol. The van der Waals surface area contributed by atoms with Crippen LogP contribution < -0.4 is 0 Å². The topological polar surface area (TPSA) is 278 Å². The fourth-order valence-corrected chi connectivity index (χ4v) is 15.0. The van der Waals surface area contributed by atoms with Crippen LogP contribution in [0.15, 0.2) is 11.6 Å². The Labute approximate surface area is 376 Å². The number of hydrogen-bond donors (Lipinski definition) is 11. The molecule has 0 aromatic carbocycles. The normalized spacial score (nSPS) is 55.9. The van der Waals surface area contributed by atoms with Gasteiger partial charge in [-0.1, -0.05) is 67.0 Å². The second kappa shape index (κ2) is 17.2. The molecule has 8 rings (SSSR count). The van der Waals surface area contributed by atoms with Crippen LogP contribution in [-0.2, 0) is 28.4 Å². The first-order chi connectivity index (χ1) is 29.8. The Balaban J connectivity index is 1.12. The Kier molecular flexibility index (Phi) is 13.3. The van der Waals surface area contributed by atoms with Gasteiger partial charge in [0.05, 0.1) is 38.1 Å². The largest absolute Gasteiger partial charge is 0.394 e. The zero-order valence-corrected chi connectivity index (χ0v) is 38.8. The van der Waals surface area contributed by atoms with E-state index in [2.05, 4.69) is 61.5 Å². The number of hydrogen-bond acceptors (Lipinski definition) is 17. The second-order valence-corrected chi connectivity index (χ2v) is 23.4. The van der Waals surface area contributed by atoms with Crippen molar-refractivity contribution in [1.29, 1.82) is 0 Å². The highest BCUT2D eigenvalue weighted by molar-refractivity contribution is 5.35. The Morgan fingerprint density at radius 2 is 1.20 bits per heavy atom. The van der Waals surface area contributed by atoms with E-state index in [1.54, 1.807) is 0 Å². The Hall–Kier alpha value is -0.940. The minimum atomic E-state index is -1.69. The van der Waals surface area contributed by atoms with E-state index < -0.39 is 145 Å². The standard InChI is InChI=1S/C47H78O17/c1-42(2)13-14-44(5)22(15-42)21-9-10-27-45(6)12-11-28(62-40-36(58)33(55)31(53)25(18-48)60-40)43(3,4)38(45)23(50)16-47(27,8)46(21,7)17-29(44)63-41-37(34(56)32(54)26(19-49)61-41)64-39-35(57)30(52)24(51)20-59-39/h9,22-41,48-58H,10-20H2,1-8H3/t22-,23+,24-,25+,26+,27+,28-,29-,30-,31+,32+,33-,34-,35+,36+,37-,38-,39-,40-,41-,44-,45+,46+,47+/m0/s1. The summed E-state index contributed by atoms with van der Waals surface area (Å²) in [5.41, 5.74) is -1.09. The van der Waals surface area contributed by atoms with Gasteiger partial charge in [-0.15, -0.1) is 0 Å². The zero-order chi connectivity index (χ0) is 46.9. The highest BCUT2D eigenvalue weighted by atomic mass is 16.8. The molecular formula is C47H78O17. The van der Waals surface area contributed by atoms with Gasteiger partial charge in [0.1, 0.15) is 67.1 Å². The zero-order valence-electron chi connectivity index (χ0n) is 38.8. The molecule has 64 heavy (non-hydrogen) atoms. The quantitative estimate of drug-likeness (QED) is 0.115. The van der Waals surface area contributed by atoms with Gasteiger partial charge in [-0.3, -0.25) is 0 Å². The maximum atomic E-state index is 12.7. The van der Waals surface area contributed by atoms with E-state index in [1.807, 2.05) is 0 Å². The molecule has 17 heteroatoms. The summed E-state index contributed by atoms with van der Waals surface area (Å²) in [7, 11) is 0. The molecular weight excluding hydrogens is 836 g/mol. The molecule has 0 unspecified atom stereocenters. The first-order valence-electron chi connectivity index (χ1n) is 23.7. The van der Waals surface area contributed by atoms with Crippen molar-refractivity contribution >= 4 is 0 Å². The highest BCUT2D eigenvalue weighted by Crippen LogP contribution is 2.76. The third-order valence-corrected chi connectivity index (χ3v) is 19.0. The highest BCUT2D eigenvalue weighted by Gasteiger charge is 2.72. The van der Waals surface area contributed by atoms with Crippen LogP contribution in [0.5, 0.6) is 0 Å². The van der Waals surface area contributed by atoms with Gasteiger partial charge in [0, 0.05) is 5.41 Å². The minimum absolute atomic E-state index is 0.00716. The lowest BCUT2D eigenvalue weighted by Crippen LogP contribution is -2.70. The molecule has 0 bridgehead atoms. The van der Waals surface area contributed by atoms with E-state index in [9.17, 15) is 56.2 Å². The van der Waals surface area contributed by atoms with E-state index in [4.69, 9.17) is 28.4 Å². The number of aliphatic hydroxyl groups excluding tert-OH is 11. The predicted octanol–water partition coefficient (Wildman–Crippen LogP) is 0.222. The number of aliphatic hydroxyl groups is 11. The number of fused-ring (bicyclic) bond motifs is 7. The first kappa shape index (κ1) is 49.5. The minimum Gasteiger partial charge on any atom is -0.394 e. The summed E-state index contributed by atoms with van der Waals surface area (Å²) in [6, 6.07) is 0. The Morgan fingerprint density at radius 1 is 0.594 bits per heavy atom. The van der Waals surface area contributed by atoms with Gasteiger partial charge >= 0.3 is 0 Å². The molecule has 0 spiro atoms. The number of allylic oxidation sites excluding steroid dienone is 2. The van der Waals surface area contributed by atoms with Crippen LogP contribution >= 0.6 is 0 Å². The fourth-order valence-electron chi connectivity index (χ4n) is 15.0. The van der Waals surface area contributed by atoms with Crippen molar-refractivity contribution in [1.82, 2.24) is 0 Å². The SMILES string of the molecule is CC1(C)CC[C@]2(C)[C@@H](O[C@@H]3O[C@H](CO)[C@@H](O)[C@H](O)[C@@H]3O[C@@H]3OC[C@H](O)[C@H](O)[C@H]3O)C[C@]3(C)C(=CC[C@@H]4[C@@]5(C)CC[C@H](O[C@@H]6O[C@H](CO)[C@@H](O)[C@H](O)[C@H]6O)C(C)(C)[C@@H]5[C@H](O)C[C@]43C)[C@@H]2C1. The molecule has 0 aromatic heterocycles. The van der Waals surface area contributed by atoms with Crippen LogP contribution in [0.3, 0.4) is 0 Å². The third-order valence-electron chi connectivity index (χ3n) is 19.0. The molecule has 0 amide bonds. The predicted molar refractivity (Wildman–Crippen MR) is 225 cm³/mol. The average Bonchev–Trinajstić information content (AvgIpc) is 3.22. The van der Waals surface area contributed by atoms with E-state index in [0.29, 0.717) is 25.7 Å². The number of rotatable bonds is 8. The van der Waals surface area contributed by atoms with Crippen LogP contribution in [0, 0.1) is 50.2 Å². The molecule has 8 aliphatic rings. The molecule has 3 aliphatic heterocycles.